The summed E-state index contributed by atoms with van der Waals surface area (Å²) in [6, 6.07) is 8.25. The Morgan fingerprint density at radius 2 is 2.06 bits per heavy atom. The molecule has 0 atom stereocenters. The van der Waals surface area contributed by atoms with Crippen molar-refractivity contribution in [1.82, 2.24) is 10.2 Å². The zero-order valence-corrected chi connectivity index (χ0v) is 11.4. The van der Waals surface area contributed by atoms with E-state index in [1.54, 1.807) is 26.1 Å². The molecule has 1 amide bonds. The molecular formula is C14H22N2O2. The quantitative estimate of drug-likeness (QED) is 0.744. The normalized spacial score (nSPS) is 10.4. The number of nitrogens with one attached hydrogen (secondary N) is 1. The summed E-state index contributed by atoms with van der Waals surface area (Å²) in [6.07, 6.45) is 0.533. The van der Waals surface area contributed by atoms with Crippen LogP contribution in [0.2, 0.25) is 0 Å². The van der Waals surface area contributed by atoms with Crippen molar-refractivity contribution < 1.29 is 9.53 Å². The molecule has 0 aliphatic rings. The van der Waals surface area contributed by atoms with Gasteiger partial charge in [-0.3, -0.25) is 4.79 Å². The van der Waals surface area contributed by atoms with E-state index < -0.39 is 0 Å². The first-order valence-electron chi connectivity index (χ1n) is 6.11. The molecule has 4 heteroatoms. The van der Waals surface area contributed by atoms with Crippen molar-refractivity contribution in [1.29, 1.82) is 0 Å². The fourth-order valence-electron chi connectivity index (χ4n) is 1.65. The monoisotopic (exact) mass is 250 g/mol. The van der Waals surface area contributed by atoms with Gasteiger partial charge in [0.2, 0.25) is 5.91 Å². The van der Waals surface area contributed by atoms with E-state index in [1.807, 2.05) is 12.1 Å². The van der Waals surface area contributed by atoms with Crippen LogP contribution in [0.3, 0.4) is 0 Å². The molecule has 0 aromatic heterocycles. The molecule has 1 N–H and O–H groups in total. The Labute approximate surface area is 109 Å². The van der Waals surface area contributed by atoms with E-state index in [9.17, 15) is 4.79 Å². The highest BCUT2D eigenvalue weighted by molar-refractivity contribution is 5.75. The maximum atomic E-state index is 11.4. The summed E-state index contributed by atoms with van der Waals surface area (Å²) in [5, 5.41) is 3.27. The summed E-state index contributed by atoms with van der Waals surface area (Å²) in [7, 11) is 5.24. The maximum Gasteiger partial charge on any atom is 0.223 e. The van der Waals surface area contributed by atoms with Crippen molar-refractivity contribution in [2.24, 2.45) is 0 Å². The van der Waals surface area contributed by atoms with Crippen LogP contribution in [-0.4, -0.2) is 38.6 Å². The maximum absolute atomic E-state index is 11.4. The lowest BCUT2D eigenvalue weighted by Gasteiger charge is -2.10. The number of carbonyl (C=O) groups excluding carboxylic acids is 1. The summed E-state index contributed by atoms with van der Waals surface area (Å²) < 4.78 is 5.10. The Kier molecular flexibility index (Phi) is 6.39. The Morgan fingerprint density at radius 3 is 2.72 bits per heavy atom. The predicted octanol–water partition coefficient (Wildman–Crippen LogP) is 1.40. The molecule has 0 aliphatic heterocycles. The Balaban J connectivity index is 2.30. The van der Waals surface area contributed by atoms with Crippen LogP contribution >= 0.6 is 0 Å². The summed E-state index contributed by atoms with van der Waals surface area (Å²) in [4.78, 5) is 13.0. The Bertz CT molecular complexity index is 378. The van der Waals surface area contributed by atoms with Gasteiger partial charge in [0.25, 0.3) is 0 Å². The smallest absolute Gasteiger partial charge is 0.223 e. The highest BCUT2D eigenvalue weighted by Crippen LogP contribution is 2.06. The molecule has 0 bridgehead atoms. The molecule has 4 nitrogen and oxygen atoms in total. The second kappa shape index (κ2) is 7.84. The van der Waals surface area contributed by atoms with Gasteiger partial charge in [-0.1, -0.05) is 24.3 Å². The largest absolute Gasteiger partial charge is 0.380 e. The Hall–Kier alpha value is -1.39. The zero-order valence-electron chi connectivity index (χ0n) is 11.4. The lowest BCUT2D eigenvalue weighted by Crippen LogP contribution is -2.26. The standard InChI is InChI=1S/C14H22N2O2/c1-16(2)14(17)7-8-15-10-12-5-4-6-13(9-12)11-18-3/h4-6,9,15H,7-8,10-11H2,1-3H3. The van der Waals surface area contributed by atoms with Gasteiger partial charge in [-0.25, -0.2) is 0 Å². The molecule has 1 aromatic carbocycles. The molecule has 0 aliphatic carbocycles. The van der Waals surface area contributed by atoms with Crippen LogP contribution in [0.15, 0.2) is 24.3 Å². The number of carbonyl (C=O) groups is 1. The number of amides is 1. The summed E-state index contributed by atoms with van der Waals surface area (Å²) in [5.74, 6) is 0.149. The van der Waals surface area contributed by atoms with Crippen LogP contribution < -0.4 is 5.32 Å². The first kappa shape index (κ1) is 14.7. The van der Waals surface area contributed by atoms with Crippen LogP contribution in [0.4, 0.5) is 0 Å². The number of rotatable bonds is 7. The number of methoxy groups -OCH3 is 1. The predicted molar refractivity (Wildman–Crippen MR) is 72.2 cm³/mol. The van der Waals surface area contributed by atoms with Crippen LogP contribution in [0.5, 0.6) is 0 Å². The van der Waals surface area contributed by atoms with Gasteiger partial charge < -0.3 is 15.0 Å². The van der Waals surface area contributed by atoms with Gasteiger partial charge in [0.1, 0.15) is 0 Å². The molecule has 0 unspecified atom stereocenters. The van der Waals surface area contributed by atoms with Gasteiger partial charge in [0.15, 0.2) is 0 Å². The van der Waals surface area contributed by atoms with Crippen molar-refractivity contribution in [3.05, 3.63) is 35.4 Å². The van der Waals surface area contributed by atoms with Gasteiger partial charge >= 0.3 is 0 Å². The molecule has 0 saturated heterocycles. The first-order valence-corrected chi connectivity index (χ1v) is 6.11. The fourth-order valence-corrected chi connectivity index (χ4v) is 1.65. The zero-order chi connectivity index (χ0) is 13.4. The average Bonchev–Trinajstić information content (AvgIpc) is 2.35. The summed E-state index contributed by atoms with van der Waals surface area (Å²) in [6.45, 7) is 2.11. The fraction of sp³-hybridized carbons (Fsp3) is 0.500. The van der Waals surface area contributed by atoms with Gasteiger partial charge in [-0.05, 0) is 11.1 Å². The third-order valence-corrected chi connectivity index (χ3v) is 2.65. The minimum atomic E-state index is 0.149. The van der Waals surface area contributed by atoms with Crippen LogP contribution in [0, 0.1) is 0 Å². The number of hydrogen-bond donors (Lipinski definition) is 1. The van der Waals surface area contributed by atoms with Crippen molar-refractivity contribution in [3.63, 3.8) is 0 Å². The molecule has 0 saturated carbocycles. The van der Waals surface area contributed by atoms with E-state index in [4.69, 9.17) is 4.74 Å². The average molecular weight is 250 g/mol. The minimum Gasteiger partial charge on any atom is -0.380 e. The minimum absolute atomic E-state index is 0.149. The molecular weight excluding hydrogens is 228 g/mol. The van der Waals surface area contributed by atoms with Crippen molar-refractivity contribution in [3.8, 4) is 0 Å². The molecule has 0 fully saturated rings. The van der Waals surface area contributed by atoms with Crippen LogP contribution in [0.25, 0.3) is 0 Å². The van der Waals surface area contributed by atoms with Gasteiger partial charge in [0, 0.05) is 40.7 Å². The SMILES string of the molecule is COCc1cccc(CNCCC(=O)N(C)C)c1. The number of ether oxygens (including phenoxy) is 1. The van der Waals surface area contributed by atoms with E-state index in [0.717, 1.165) is 6.54 Å². The van der Waals surface area contributed by atoms with Crippen molar-refractivity contribution >= 4 is 5.91 Å². The summed E-state index contributed by atoms with van der Waals surface area (Å²) in [5.41, 5.74) is 2.38. The third-order valence-electron chi connectivity index (χ3n) is 2.65. The van der Waals surface area contributed by atoms with Crippen molar-refractivity contribution in [2.45, 2.75) is 19.6 Å². The molecule has 18 heavy (non-hydrogen) atoms. The molecule has 100 valence electrons. The molecule has 0 spiro atoms. The van der Waals surface area contributed by atoms with E-state index in [0.29, 0.717) is 19.6 Å². The molecule has 0 heterocycles. The second-order valence-electron chi connectivity index (χ2n) is 4.47. The number of hydrogen-bond acceptors (Lipinski definition) is 3. The van der Waals surface area contributed by atoms with Crippen LogP contribution in [0.1, 0.15) is 17.5 Å². The topological polar surface area (TPSA) is 41.6 Å². The van der Waals surface area contributed by atoms with E-state index in [1.165, 1.54) is 11.1 Å². The van der Waals surface area contributed by atoms with E-state index in [-0.39, 0.29) is 5.91 Å². The third kappa shape index (κ3) is 5.29. The highest BCUT2D eigenvalue weighted by atomic mass is 16.5. The molecule has 1 rings (SSSR count). The van der Waals surface area contributed by atoms with Crippen LogP contribution in [-0.2, 0) is 22.7 Å². The first-order chi connectivity index (χ1) is 8.63. The van der Waals surface area contributed by atoms with Gasteiger partial charge in [0.05, 0.1) is 6.61 Å². The highest BCUT2D eigenvalue weighted by Gasteiger charge is 2.02. The van der Waals surface area contributed by atoms with Crippen molar-refractivity contribution in [2.75, 3.05) is 27.7 Å². The molecule has 1 aromatic rings. The van der Waals surface area contributed by atoms with Gasteiger partial charge in [-0.2, -0.15) is 0 Å². The summed E-state index contributed by atoms with van der Waals surface area (Å²) >= 11 is 0. The lowest BCUT2D eigenvalue weighted by atomic mass is 10.1. The number of benzene rings is 1. The van der Waals surface area contributed by atoms with E-state index >= 15 is 0 Å². The lowest BCUT2D eigenvalue weighted by molar-refractivity contribution is -0.128. The number of nitrogens with zero attached hydrogens (tertiary/aromatic N) is 1. The molecule has 0 radical (unpaired) electrons. The Morgan fingerprint density at radius 1 is 1.33 bits per heavy atom. The van der Waals surface area contributed by atoms with Gasteiger partial charge in [-0.15, -0.1) is 0 Å². The van der Waals surface area contributed by atoms with E-state index in [2.05, 4.69) is 17.4 Å². The second-order valence-corrected chi connectivity index (χ2v) is 4.47.